The number of hydrogen-bond donors (Lipinski definition) is 0. The van der Waals surface area contributed by atoms with E-state index >= 15 is 0 Å². The van der Waals surface area contributed by atoms with E-state index in [2.05, 4.69) is 41.9 Å². The molecule has 2 heterocycles. The van der Waals surface area contributed by atoms with Gasteiger partial charge in [0.15, 0.2) is 0 Å². The Morgan fingerprint density at radius 2 is 1.79 bits per heavy atom. The second-order valence-corrected chi connectivity index (χ2v) is 6.22. The van der Waals surface area contributed by atoms with Crippen LogP contribution < -0.4 is 0 Å². The Bertz CT molecular complexity index is 727. The molecule has 7 heteroatoms. The first kappa shape index (κ1) is 13.4. The summed E-state index contributed by atoms with van der Waals surface area (Å²) < 4.78 is 3.19. The molecule has 0 N–H and O–H groups in total. The quantitative estimate of drug-likeness (QED) is 0.502. The largest absolute Gasteiger partial charge is 0.247 e. The molecule has 0 aliphatic carbocycles. The summed E-state index contributed by atoms with van der Waals surface area (Å²) in [5, 5.41) is 6.46. The van der Waals surface area contributed by atoms with Crippen molar-refractivity contribution >= 4 is 66.0 Å². The van der Waals surface area contributed by atoms with Gasteiger partial charge in [-0.05, 0) is 44.0 Å². The first-order valence-corrected chi connectivity index (χ1v) is 7.56. The van der Waals surface area contributed by atoms with Gasteiger partial charge in [-0.25, -0.2) is 9.67 Å². The maximum absolute atomic E-state index is 6.19. The highest BCUT2D eigenvalue weighted by molar-refractivity contribution is 9.11. The molecule has 3 rings (SSSR count). The van der Waals surface area contributed by atoms with Gasteiger partial charge in [0, 0.05) is 12.4 Å². The molecule has 1 aromatic carbocycles. The Hall–Kier alpha value is -0.620. The van der Waals surface area contributed by atoms with Gasteiger partial charge in [-0.15, -0.1) is 0 Å². The zero-order valence-corrected chi connectivity index (χ0v) is 13.9. The topological polar surface area (TPSA) is 30.7 Å². The highest BCUT2D eigenvalue weighted by Crippen LogP contribution is 2.32. The van der Waals surface area contributed by atoms with Crippen molar-refractivity contribution in [1.29, 1.82) is 0 Å². The van der Waals surface area contributed by atoms with Crippen molar-refractivity contribution in [2.24, 2.45) is 0 Å². The molecule has 0 fully saturated rings. The van der Waals surface area contributed by atoms with Gasteiger partial charge in [-0.2, -0.15) is 5.10 Å². The number of pyridine rings is 1. The highest BCUT2D eigenvalue weighted by atomic mass is 79.9. The number of fused-ring (bicyclic) bond motifs is 1. The van der Waals surface area contributed by atoms with Crippen molar-refractivity contribution in [3.63, 3.8) is 0 Å². The highest BCUT2D eigenvalue weighted by Gasteiger charge is 2.13. The van der Waals surface area contributed by atoms with E-state index in [4.69, 9.17) is 23.2 Å². The monoisotopic (exact) mass is 419 g/mol. The summed E-state index contributed by atoms with van der Waals surface area (Å²) in [5.74, 6) is 0. The first-order valence-electron chi connectivity index (χ1n) is 5.21. The fourth-order valence-electron chi connectivity index (χ4n) is 1.77. The lowest BCUT2D eigenvalue weighted by Crippen LogP contribution is -1.96. The molecule has 0 saturated carbocycles. The molecular formula is C12H5Br2Cl2N3. The van der Waals surface area contributed by atoms with Gasteiger partial charge >= 0.3 is 0 Å². The van der Waals surface area contributed by atoms with Crippen LogP contribution in [0.1, 0.15) is 0 Å². The van der Waals surface area contributed by atoms with Crippen LogP contribution in [0.2, 0.25) is 10.0 Å². The predicted octanol–water partition coefficient (Wildman–Crippen LogP) is 5.25. The van der Waals surface area contributed by atoms with Gasteiger partial charge in [-0.3, -0.25) is 0 Å². The second kappa shape index (κ2) is 5.05. The van der Waals surface area contributed by atoms with Crippen molar-refractivity contribution in [1.82, 2.24) is 14.8 Å². The third kappa shape index (κ3) is 2.29. The minimum atomic E-state index is 0.542. The van der Waals surface area contributed by atoms with E-state index in [1.54, 1.807) is 29.1 Å². The summed E-state index contributed by atoms with van der Waals surface area (Å²) in [4.78, 5) is 4.21. The fourth-order valence-corrected chi connectivity index (χ4v) is 3.13. The number of aromatic nitrogens is 3. The SMILES string of the molecule is Clc1cccc(Cl)c1-n1cc2c(Br)ncc(Br)c2n1. The summed E-state index contributed by atoms with van der Waals surface area (Å²) in [6.45, 7) is 0. The molecule has 0 spiro atoms. The number of hydrogen-bond acceptors (Lipinski definition) is 2. The second-order valence-electron chi connectivity index (χ2n) is 3.80. The molecule has 3 nitrogen and oxygen atoms in total. The van der Waals surface area contributed by atoms with Gasteiger partial charge < -0.3 is 0 Å². The van der Waals surface area contributed by atoms with Crippen LogP contribution in [-0.4, -0.2) is 14.8 Å². The van der Waals surface area contributed by atoms with Crippen LogP contribution in [0.25, 0.3) is 16.6 Å². The zero-order chi connectivity index (χ0) is 13.6. The molecule has 0 bridgehead atoms. The maximum atomic E-state index is 6.19. The van der Waals surface area contributed by atoms with Gasteiger partial charge in [-0.1, -0.05) is 29.3 Å². The van der Waals surface area contributed by atoms with E-state index < -0.39 is 0 Å². The number of nitrogens with zero attached hydrogens (tertiary/aromatic N) is 3. The van der Waals surface area contributed by atoms with E-state index in [9.17, 15) is 0 Å². The van der Waals surface area contributed by atoms with Crippen molar-refractivity contribution in [2.45, 2.75) is 0 Å². The Balaban J connectivity index is 2.33. The molecule has 96 valence electrons. The Morgan fingerprint density at radius 3 is 2.42 bits per heavy atom. The number of para-hydroxylation sites is 1. The number of rotatable bonds is 1. The standard InChI is InChI=1S/C12H5Br2Cl2N3/c13-7-4-17-12(14)6-5-19(18-10(6)7)11-8(15)2-1-3-9(11)16/h1-5H. The smallest absolute Gasteiger partial charge is 0.117 e. The molecule has 0 atom stereocenters. The minimum absolute atomic E-state index is 0.542. The Kier molecular flexibility index (Phi) is 3.55. The Morgan fingerprint density at radius 1 is 1.11 bits per heavy atom. The maximum Gasteiger partial charge on any atom is 0.117 e. The van der Waals surface area contributed by atoms with Gasteiger partial charge in [0.2, 0.25) is 0 Å². The Labute approximate surface area is 135 Å². The minimum Gasteiger partial charge on any atom is -0.247 e. The molecule has 3 aromatic rings. The van der Waals surface area contributed by atoms with Gasteiger partial charge in [0.1, 0.15) is 15.8 Å². The van der Waals surface area contributed by atoms with E-state index in [-0.39, 0.29) is 0 Å². The summed E-state index contributed by atoms with van der Waals surface area (Å²) in [6.07, 6.45) is 3.53. The molecule has 19 heavy (non-hydrogen) atoms. The summed E-state index contributed by atoms with van der Waals surface area (Å²) in [6, 6.07) is 5.35. The lowest BCUT2D eigenvalue weighted by molar-refractivity contribution is 0.896. The molecule has 0 aliphatic rings. The number of halogens is 4. The van der Waals surface area contributed by atoms with E-state index in [1.165, 1.54) is 0 Å². The van der Waals surface area contributed by atoms with Crippen LogP contribution in [0, 0.1) is 0 Å². The third-order valence-electron chi connectivity index (χ3n) is 2.62. The molecule has 2 aromatic heterocycles. The van der Waals surface area contributed by atoms with Crippen LogP contribution in [0.5, 0.6) is 0 Å². The molecule has 0 radical (unpaired) electrons. The molecule has 0 amide bonds. The molecule has 0 unspecified atom stereocenters. The lowest BCUT2D eigenvalue weighted by atomic mass is 10.3. The van der Waals surface area contributed by atoms with Crippen LogP contribution in [0.15, 0.2) is 39.7 Å². The average molecular weight is 422 g/mol. The fraction of sp³-hybridized carbons (Fsp3) is 0. The van der Waals surface area contributed by atoms with Gasteiger partial charge in [0.05, 0.1) is 19.9 Å². The lowest BCUT2D eigenvalue weighted by Gasteiger charge is -2.05. The van der Waals surface area contributed by atoms with E-state index in [1.807, 2.05) is 6.20 Å². The molecule has 0 saturated heterocycles. The first-order chi connectivity index (χ1) is 9.08. The van der Waals surface area contributed by atoms with Crippen LogP contribution in [-0.2, 0) is 0 Å². The average Bonchev–Trinajstić information content (AvgIpc) is 2.80. The van der Waals surface area contributed by atoms with Crippen LogP contribution in [0.4, 0.5) is 0 Å². The van der Waals surface area contributed by atoms with E-state index in [0.29, 0.717) is 15.7 Å². The predicted molar refractivity (Wildman–Crippen MR) is 84.3 cm³/mol. The van der Waals surface area contributed by atoms with Crippen molar-refractivity contribution < 1.29 is 0 Å². The van der Waals surface area contributed by atoms with Gasteiger partial charge in [0.25, 0.3) is 0 Å². The van der Waals surface area contributed by atoms with Crippen molar-refractivity contribution in [3.05, 3.63) is 49.7 Å². The normalized spacial score (nSPS) is 11.2. The van der Waals surface area contributed by atoms with Crippen LogP contribution in [0.3, 0.4) is 0 Å². The zero-order valence-electron chi connectivity index (χ0n) is 9.24. The van der Waals surface area contributed by atoms with Crippen molar-refractivity contribution in [3.8, 4) is 5.69 Å². The molecule has 0 aliphatic heterocycles. The molecular weight excluding hydrogens is 417 g/mol. The summed E-state index contributed by atoms with van der Waals surface area (Å²) in [7, 11) is 0. The third-order valence-corrected chi connectivity index (χ3v) is 4.44. The summed E-state index contributed by atoms with van der Waals surface area (Å²) >= 11 is 19.2. The van der Waals surface area contributed by atoms with E-state index in [0.717, 1.165) is 20.0 Å². The van der Waals surface area contributed by atoms with Crippen LogP contribution >= 0.6 is 55.1 Å². The summed E-state index contributed by atoms with van der Waals surface area (Å²) in [5.41, 5.74) is 1.44. The van der Waals surface area contributed by atoms with Crippen molar-refractivity contribution in [2.75, 3.05) is 0 Å². The number of benzene rings is 1.